The van der Waals surface area contributed by atoms with E-state index in [0.717, 1.165) is 23.7 Å². The van der Waals surface area contributed by atoms with Crippen molar-refractivity contribution in [3.8, 4) is 0 Å². The molecule has 2 N–H and O–H groups in total. The standard InChI is InChI=1S/C16H24N4/c1-11(2)15-14(17)16(20(5)18-15)19(4)10-13-8-6-7-12(3)9-13/h6-9,11H,10,17H2,1-5H3. The number of hydrogen-bond donors (Lipinski definition) is 1. The summed E-state index contributed by atoms with van der Waals surface area (Å²) in [6.45, 7) is 7.16. The third-order valence-corrected chi connectivity index (χ3v) is 3.49. The number of anilines is 2. The molecule has 0 spiro atoms. The molecule has 0 saturated carbocycles. The van der Waals surface area contributed by atoms with Crippen LogP contribution in [0.1, 0.15) is 36.6 Å². The van der Waals surface area contributed by atoms with Crippen LogP contribution in [0.3, 0.4) is 0 Å². The monoisotopic (exact) mass is 272 g/mol. The predicted octanol–water partition coefficient (Wildman–Crippen LogP) is 3.07. The van der Waals surface area contributed by atoms with Gasteiger partial charge >= 0.3 is 0 Å². The van der Waals surface area contributed by atoms with E-state index in [9.17, 15) is 0 Å². The number of benzene rings is 1. The molecule has 0 unspecified atom stereocenters. The molecule has 4 nitrogen and oxygen atoms in total. The van der Waals surface area contributed by atoms with Crippen LogP contribution in [0, 0.1) is 6.92 Å². The van der Waals surface area contributed by atoms with Gasteiger partial charge in [-0.2, -0.15) is 5.10 Å². The summed E-state index contributed by atoms with van der Waals surface area (Å²) in [5.74, 6) is 1.32. The van der Waals surface area contributed by atoms with Crippen molar-refractivity contribution in [2.45, 2.75) is 33.2 Å². The van der Waals surface area contributed by atoms with E-state index in [1.54, 1.807) is 0 Å². The van der Waals surface area contributed by atoms with Gasteiger partial charge in [0.1, 0.15) is 5.82 Å². The fourth-order valence-electron chi connectivity index (χ4n) is 2.59. The topological polar surface area (TPSA) is 47.1 Å². The van der Waals surface area contributed by atoms with E-state index in [0.29, 0.717) is 5.92 Å². The van der Waals surface area contributed by atoms with E-state index in [-0.39, 0.29) is 0 Å². The first kappa shape index (κ1) is 14.4. The van der Waals surface area contributed by atoms with E-state index in [1.807, 2.05) is 11.7 Å². The van der Waals surface area contributed by atoms with Crippen LogP contribution in [-0.4, -0.2) is 16.8 Å². The summed E-state index contributed by atoms with van der Waals surface area (Å²) >= 11 is 0. The quantitative estimate of drug-likeness (QED) is 0.930. The molecular formula is C16H24N4. The van der Waals surface area contributed by atoms with Gasteiger partial charge < -0.3 is 10.6 Å². The van der Waals surface area contributed by atoms with Crippen LogP contribution in [0.25, 0.3) is 0 Å². The normalized spacial score (nSPS) is 11.1. The molecule has 20 heavy (non-hydrogen) atoms. The molecule has 1 aromatic carbocycles. The molecule has 1 aromatic heterocycles. The van der Waals surface area contributed by atoms with Crippen LogP contribution < -0.4 is 10.6 Å². The van der Waals surface area contributed by atoms with E-state index < -0.39 is 0 Å². The second kappa shape index (κ2) is 5.57. The molecule has 0 aliphatic heterocycles. The number of aryl methyl sites for hydroxylation is 2. The van der Waals surface area contributed by atoms with E-state index in [4.69, 9.17) is 5.73 Å². The zero-order chi connectivity index (χ0) is 14.9. The van der Waals surface area contributed by atoms with Crippen molar-refractivity contribution < 1.29 is 0 Å². The molecule has 4 heteroatoms. The molecule has 0 amide bonds. The number of nitrogens with zero attached hydrogens (tertiary/aromatic N) is 3. The lowest BCUT2D eigenvalue weighted by molar-refractivity contribution is 0.698. The Morgan fingerprint density at radius 1 is 1.35 bits per heavy atom. The van der Waals surface area contributed by atoms with Gasteiger partial charge in [-0.3, -0.25) is 4.68 Å². The summed E-state index contributed by atoms with van der Waals surface area (Å²) in [6, 6.07) is 8.54. The van der Waals surface area contributed by atoms with Gasteiger partial charge in [-0.25, -0.2) is 0 Å². The summed E-state index contributed by atoms with van der Waals surface area (Å²) < 4.78 is 1.88. The van der Waals surface area contributed by atoms with E-state index in [1.165, 1.54) is 11.1 Å². The first-order chi connectivity index (χ1) is 9.40. The van der Waals surface area contributed by atoms with Gasteiger partial charge in [-0.1, -0.05) is 43.7 Å². The van der Waals surface area contributed by atoms with E-state index in [2.05, 4.69) is 62.1 Å². The van der Waals surface area contributed by atoms with Crippen molar-refractivity contribution in [2.24, 2.45) is 7.05 Å². The molecule has 0 aliphatic carbocycles. The van der Waals surface area contributed by atoms with Crippen LogP contribution in [-0.2, 0) is 13.6 Å². The maximum Gasteiger partial charge on any atom is 0.150 e. The summed E-state index contributed by atoms with van der Waals surface area (Å²) in [5, 5.41) is 4.54. The minimum absolute atomic E-state index is 0.335. The highest BCUT2D eigenvalue weighted by molar-refractivity contribution is 5.66. The highest BCUT2D eigenvalue weighted by Gasteiger charge is 2.18. The third-order valence-electron chi connectivity index (χ3n) is 3.49. The minimum atomic E-state index is 0.335. The Bertz CT molecular complexity index is 599. The van der Waals surface area contributed by atoms with Gasteiger partial charge in [0.15, 0.2) is 0 Å². The largest absolute Gasteiger partial charge is 0.394 e. The molecule has 1 heterocycles. The minimum Gasteiger partial charge on any atom is -0.394 e. The van der Waals surface area contributed by atoms with Crippen LogP contribution in [0.5, 0.6) is 0 Å². The van der Waals surface area contributed by atoms with Crippen LogP contribution in [0.2, 0.25) is 0 Å². The number of rotatable bonds is 4. The van der Waals surface area contributed by atoms with Gasteiger partial charge in [-0.05, 0) is 18.4 Å². The molecule has 0 saturated heterocycles. The molecule has 0 atom stereocenters. The van der Waals surface area contributed by atoms with Crippen molar-refractivity contribution in [3.63, 3.8) is 0 Å². The smallest absolute Gasteiger partial charge is 0.150 e. The maximum atomic E-state index is 6.26. The molecule has 0 fully saturated rings. The van der Waals surface area contributed by atoms with Gasteiger partial charge in [0, 0.05) is 20.6 Å². The number of hydrogen-bond acceptors (Lipinski definition) is 3. The van der Waals surface area contributed by atoms with Crippen molar-refractivity contribution in [3.05, 3.63) is 41.1 Å². The molecular weight excluding hydrogens is 248 g/mol. The first-order valence-corrected chi connectivity index (χ1v) is 6.99. The van der Waals surface area contributed by atoms with E-state index >= 15 is 0 Å². The first-order valence-electron chi connectivity index (χ1n) is 6.99. The Kier molecular flexibility index (Phi) is 4.02. The molecule has 108 valence electrons. The number of nitrogen functional groups attached to an aromatic ring is 1. The molecule has 0 bridgehead atoms. The average molecular weight is 272 g/mol. The summed E-state index contributed by atoms with van der Waals surface area (Å²) in [7, 11) is 4.00. The Balaban J connectivity index is 2.27. The van der Waals surface area contributed by atoms with Crippen LogP contribution >= 0.6 is 0 Å². The zero-order valence-corrected chi connectivity index (χ0v) is 13.0. The average Bonchev–Trinajstić information content (AvgIpc) is 2.65. The second-order valence-electron chi connectivity index (χ2n) is 5.75. The highest BCUT2D eigenvalue weighted by atomic mass is 15.4. The molecule has 0 aliphatic rings. The molecule has 2 rings (SSSR count). The van der Waals surface area contributed by atoms with Crippen LogP contribution in [0.15, 0.2) is 24.3 Å². The van der Waals surface area contributed by atoms with Crippen molar-refractivity contribution in [1.29, 1.82) is 0 Å². The lowest BCUT2D eigenvalue weighted by Gasteiger charge is -2.20. The second-order valence-corrected chi connectivity index (χ2v) is 5.75. The van der Waals surface area contributed by atoms with Crippen molar-refractivity contribution in [2.75, 3.05) is 17.7 Å². The van der Waals surface area contributed by atoms with Crippen molar-refractivity contribution >= 4 is 11.5 Å². The summed E-state index contributed by atoms with van der Waals surface area (Å²) in [4.78, 5) is 2.16. The van der Waals surface area contributed by atoms with Crippen molar-refractivity contribution in [1.82, 2.24) is 9.78 Å². The highest BCUT2D eigenvalue weighted by Crippen LogP contribution is 2.30. The Hall–Kier alpha value is -1.97. The fraction of sp³-hybridized carbons (Fsp3) is 0.438. The van der Waals surface area contributed by atoms with Gasteiger partial charge in [0.05, 0.1) is 11.4 Å². The fourth-order valence-corrected chi connectivity index (χ4v) is 2.59. The molecule has 2 aromatic rings. The lowest BCUT2D eigenvalue weighted by atomic mass is 10.1. The molecule has 0 radical (unpaired) electrons. The lowest BCUT2D eigenvalue weighted by Crippen LogP contribution is -2.20. The van der Waals surface area contributed by atoms with Gasteiger partial charge in [-0.15, -0.1) is 0 Å². The zero-order valence-electron chi connectivity index (χ0n) is 13.0. The summed E-state index contributed by atoms with van der Waals surface area (Å²) in [5.41, 5.74) is 10.6. The predicted molar refractivity (Wildman–Crippen MR) is 85.0 cm³/mol. The van der Waals surface area contributed by atoms with Gasteiger partial charge in [0.2, 0.25) is 0 Å². The summed E-state index contributed by atoms with van der Waals surface area (Å²) in [6.07, 6.45) is 0. The Labute approximate surface area is 121 Å². The third kappa shape index (κ3) is 2.79. The van der Waals surface area contributed by atoms with Crippen LogP contribution in [0.4, 0.5) is 11.5 Å². The maximum absolute atomic E-state index is 6.26. The Morgan fingerprint density at radius 3 is 2.60 bits per heavy atom. The number of nitrogens with two attached hydrogens (primary N) is 1. The number of aromatic nitrogens is 2. The Morgan fingerprint density at radius 2 is 2.05 bits per heavy atom. The SMILES string of the molecule is Cc1cccc(CN(C)c2c(N)c(C(C)C)nn2C)c1. The van der Waals surface area contributed by atoms with Gasteiger partial charge in [0.25, 0.3) is 0 Å².